The van der Waals surface area contributed by atoms with Crippen molar-refractivity contribution in [3.8, 4) is 0 Å². The summed E-state index contributed by atoms with van der Waals surface area (Å²) in [5.41, 5.74) is 1.60. The SMILES string of the molecule is CC(=O)OC[C@H]1O[C@H](O[C@@H]2[C@H](OC(C)=O)[C@@H](OC(C)=O)[C@H](OCC[Si](C)(C)C)O[C@@H]2COCc2ccccc2)[C@H](OCc2ccccc2)[C@@H](OC(C)=O)[C@H]1OC(C)=O. The van der Waals surface area contributed by atoms with Crippen LogP contribution < -0.4 is 0 Å². The Morgan fingerprint density at radius 1 is 0.534 bits per heavy atom. The van der Waals surface area contributed by atoms with Gasteiger partial charge in [0.2, 0.25) is 0 Å². The lowest BCUT2D eigenvalue weighted by Crippen LogP contribution is -2.67. The standard InChI is InChI=1S/C41H56O16Si/c1-25(42)49-24-33-34(51-26(2)43)36(52-27(3)44)38(50-22-31-17-13-10-14-18-31)41(56-33)57-35-32(23-47-21-30-15-11-9-12-16-30)55-40(48-19-20-58(6,7)8)39(54-29(5)46)37(35)53-28(4)45/h9-18,32-41H,19-24H2,1-8H3/t32-,33-,34+,35+,36+,37+,38-,39-,40-,41-/m1/s1. The summed E-state index contributed by atoms with van der Waals surface area (Å²) in [5.74, 6) is -3.59. The van der Waals surface area contributed by atoms with E-state index in [-0.39, 0.29) is 26.4 Å². The van der Waals surface area contributed by atoms with Gasteiger partial charge in [0.05, 0.1) is 19.8 Å². The summed E-state index contributed by atoms with van der Waals surface area (Å²) >= 11 is 0. The second-order valence-corrected chi connectivity index (χ2v) is 20.9. The maximum atomic E-state index is 12.8. The number of hydrogen-bond donors (Lipinski definition) is 0. The third-order valence-electron chi connectivity index (χ3n) is 8.95. The molecule has 320 valence electrons. The van der Waals surface area contributed by atoms with Crippen LogP contribution in [0.1, 0.15) is 45.7 Å². The van der Waals surface area contributed by atoms with Crippen LogP contribution in [0.5, 0.6) is 0 Å². The van der Waals surface area contributed by atoms with E-state index in [4.69, 9.17) is 52.1 Å². The number of hydrogen-bond acceptors (Lipinski definition) is 16. The van der Waals surface area contributed by atoms with Crippen molar-refractivity contribution in [2.45, 2.75) is 135 Å². The van der Waals surface area contributed by atoms with Gasteiger partial charge in [0.15, 0.2) is 37.0 Å². The normalized spacial score (nSPS) is 27.2. The van der Waals surface area contributed by atoms with Crippen LogP contribution in [0.25, 0.3) is 0 Å². The van der Waals surface area contributed by atoms with E-state index in [0.29, 0.717) is 0 Å². The molecule has 0 radical (unpaired) electrons. The molecule has 2 aliphatic heterocycles. The molecule has 0 N–H and O–H groups in total. The molecule has 0 saturated carbocycles. The first-order valence-corrected chi connectivity index (χ1v) is 22.9. The zero-order chi connectivity index (χ0) is 42.4. The van der Waals surface area contributed by atoms with Gasteiger partial charge in [-0.3, -0.25) is 24.0 Å². The maximum Gasteiger partial charge on any atom is 0.303 e. The molecule has 0 aliphatic carbocycles. The number of carbonyl (C=O) groups excluding carboxylic acids is 5. The zero-order valence-corrected chi connectivity index (χ0v) is 35.3. The van der Waals surface area contributed by atoms with Crippen molar-refractivity contribution < 1.29 is 76.1 Å². The molecule has 0 aromatic heterocycles. The summed E-state index contributed by atoms with van der Waals surface area (Å²) in [6.45, 7) is 12.2. The predicted octanol–water partition coefficient (Wildman–Crippen LogP) is 4.27. The minimum Gasteiger partial charge on any atom is -0.463 e. The van der Waals surface area contributed by atoms with Gasteiger partial charge >= 0.3 is 29.8 Å². The van der Waals surface area contributed by atoms with E-state index in [1.807, 2.05) is 60.7 Å². The zero-order valence-electron chi connectivity index (χ0n) is 34.3. The van der Waals surface area contributed by atoms with Crippen LogP contribution in [0.4, 0.5) is 0 Å². The molecule has 0 bridgehead atoms. The van der Waals surface area contributed by atoms with E-state index in [2.05, 4.69) is 19.6 Å². The summed E-state index contributed by atoms with van der Waals surface area (Å²) in [4.78, 5) is 62.6. The van der Waals surface area contributed by atoms with Gasteiger partial charge in [-0.05, 0) is 17.2 Å². The Morgan fingerprint density at radius 3 is 1.55 bits per heavy atom. The van der Waals surface area contributed by atoms with E-state index in [1.54, 1.807) is 0 Å². The molecule has 2 aromatic rings. The largest absolute Gasteiger partial charge is 0.463 e. The van der Waals surface area contributed by atoms with E-state index in [9.17, 15) is 24.0 Å². The van der Waals surface area contributed by atoms with Crippen molar-refractivity contribution in [2.24, 2.45) is 0 Å². The van der Waals surface area contributed by atoms with E-state index in [0.717, 1.165) is 24.1 Å². The molecular weight excluding hydrogens is 777 g/mol. The molecule has 0 unspecified atom stereocenters. The maximum absolute atomic E-state index is 12.8. The van der Waals surface area contributed by atoms with Crippen LogP contribution >= 0.6 is 0 Å². The smallest absolute Gasteiger partial charge is 0.303 e. The molecule has 2 aromatic carbocycles. The van der Waals surface area contributed by atoms with E-state index in [1.165, 1.54) is 27.7 Å². The number of rotatable bonds is 19. The van der Waals surface area contributed by atoms with Gasteiger partial charge in [0.1, 0.15) is 31.0 Å². The topological polar surface area (TPSA) is 187 Å². The number of ether oxygens (including phenoxy) is 11. The fourth-order valence-electron chi connectivity index (χ4n) is 6.38. The van der Waals surface area contributed by atoms with Gasteiger partial charge in [-0.2, -0.15) is 0 Å². The van der Waals surface area contributed by atoms with Crippen molar-refractivity contribution in [1.29, 1.82) is 0 Å². The fourth-order valence-corrected chi connectivity index (χ4v) is 7.11. The second kappa shape index (κ2) is 22.2. The minimum absolute atomic E-state index is 0.0465. The molecule has 0 amide bonds. The van der Waals surface area contributed by atoms with Crippen LogP contribution in [0.3, 0.4) is 0 Å². The molecule has 0 spiro atoms. The molecule has 2 heterocycles. The number of benzene rings is 2. The van der Waals surface area contributed by atoms with Crippen LogP contribution in [-0.4, -0.2) is 119 Å². The van der Waals surface area contributed by atoms with E-state index < -0.39 is 106 Å². The Morgan fingerprint density at radius 2 is 1.02 bits per heavy atom. The van der Waals surface area contributed by atoms with Crippen LogP contribution in [0.2, 0.25) is 25.7 Å². The van der Waals surface area contributed by atoms with Gasteiger partial charge in [-0.1, -0.05) is 80.3 Å². The Kier molecular flexibility index (Phi) is 17.8. The third kappa shape index (κ3) is 14.9. The summed E-state index contributed by atoms with van der Waals surface area (Å²) in [6.07, 6.45) is -13.1. The minimum atomic E-state index is -1.60. The fraction of sp³-hybridized carbons (Fsp3) is 0.585. The van der Waals surface area contributed by atoms with Crippen molar-refractivity contribution >= 4 is 37.9 Å². The molecule has 17 heteroatoms. The highest BCUT2D eigenvalue weighted by atomic mass is 28.3. The number of carbonyl (C=O) groups is 5. The van der Waals surface area contributed by atoms with Crippen molar-refractivity contribution in [3.05, 3.63) is 71.8 Å². The summed E-state index contributed by atoms with van der Waals surface area (Å²) in [7, 11) is -1.60. The summed E-state index contributed by atoms with van der Waals surface area (Å²) < 4.78 is 66.8. The highest BCUT2D eigenvalue weighted by Crippen LogP contribution is 2.36. The molecule has 16 nitrogen and oxygen atoms in total. The van der Waals surface area contributed by atoms with Gasteiger partial charge in [0.25, 0.3) is 0 Å². The first-order chi connectivity index (χ1) is 27.5. The van der Waals surface area contributed by atoms with Gasteiger partial charge in [0, 0.05) is 49.3 Å². The van der Waals surface area contributed by atoms with Crippen LogP contribution in [-0.2, 0) is 89.3 Å². The second-order valence-electron chi connectivity index (χ2n) is 15.2. The molecule has 58 heavy (non-hydrogen) atoms. The molecule has 2 fully saturated rings. The lowest BCUT2D eigenvalue weighted by molar-refractivity contribution is -0.365. The molecule has 2 aliphatic rings. The third-order valence-corrected chi connectivity index (χ3v) is 10.6. The van der Waals surface area contributed by atoms with Gasteiger partial charge < -0.3 is 52.1 Å². The lowest BCUT2D eigenvalue weighted by atomic mass is 9.96. The van der Waals surface area contributed by atoms with Crippen molar-refractivity contribution in [2.75, 3.05) is 19.8 Å². The first-order valence-electron chi connectivity index (χ1n) is 19.2. The molecule has 10 atom stereocenters. The van der Waals surface area contributed by atoms with E-state index >= 15 is 0 Å². The van der Waals surface area contributed by atoms with Crippen molar-refractivity contribution in [1.82, 2.24) is 0 Å². The van der Waals surface area contributed by atoms with Crippen molar-refractivity contribution in [3.63, 3.8) is 0 Å². The van der Waals surface area contributed by atoms with Gasteiger partial charge in [-0.15, -0.1) is 0 Å². The molecular formula is C41H56O16Si. The predicted molar refractivity (Wildman–Crippen MR) is 206 cm³/mol. The Bertz CT molecular complexity index is 1640. The Balaban J connectivity index is 1.81. The first kappa shape index (κ1) is 46.5. The number of esters is 5. The summed E-state index contributed by atoms with van der Waals surface area (Å²) in [6, 6.07) is 19.2. The highest BCUT2D eigenvalue weighted by Gasteiger charge is 2.57. The highest BCUT2D eigenvalue weighted by molar-refractivity contribution is 6.76. The molecule has 4 rings (SSSR count). The Hall–Kier alpha value is -4.23. The van der Waals surface area contributed by atoms with Gasteiger partial charge in [-0.25, -0.2) is 0 Å². The quantitative estimate of drug-likeness (QED) is 0.111. The van der Waals surface area contributed by atoms with Crippen LogP contribution in [0.15, 0.2) is 60.7 Å². The Labute approximate surface area is 339 Å². The lowest BCUT2D eigenvalue weighted by Gasteiger charge is -2.49. The summed E-state index contributed by atoms with van der Waals surface area (Å²) in [5, 5.41) is 0. The average molecular weight is 833 g/mol. The van der Waals surface area contributed by atoms with Crippen LogP contribution in [0, 0.1) is 0 Å². The monoisotopic (exact) mass is 832 g/mol. The molecule has 2 saturated heterocycles. The average Bonchev–Trinajstić information content (AvgIpc) is 3.13.